The number of hydrogen-bond donors (Lipinski definition) is 0. The number of fused-ring (bicyclic) bond motifs is 1. The second-order valence-electron chi connectivity index (χ2n) is 5.49. The SMILES string of the molecule is C[C@H]1CCCN(C(=O)c2ccnc3c(Br)cccc23)C1. The van der Waals surface area contributed by atoms with Gasteiger partial charge < -0.3 is 4.90 Å². The summed E-state index contributed by atoms with van der Waals surface area (Å²) in [6.45, 7) is 3.93. The Morgan fingerprint density at radius 3 is 3.05 bits per heavy atom. The molecule has 20 heavy (non-hydrogen) atoms. The van der Waals surface area contributed by atoms with E-state index in [-0.39, 0.29) is 5.91 Å². The van der Waals surface area contributed by atoms with Crippen molar-refractivity contribution in [3.63, 3.8) is 0 Å². The maximum Gasteiger partial charge on any atom is 0.254 e. The van der Waals surface area contributed by atoms with E-state index in [1.165, 1.54) is 6.42 Å². The van der Waals surface area contributed by atoms with E-state index in [1.54, 1.807) is 6.20 Å². The molecule has 1 aliphatic rings. The van der Waals surface area contributed by atoms with Crippen molar-refractivity contribution in [2.45, 2.75) is 19.8 Å². The van der Waals surface area contributed by atoms with Crippen molar-refractivity contribution < 1.29 is 4.79 Å². The van der Waals surface area contributed by atoms with Gasteiger partial charge in [0, 0.05) is 29.1 Å². The minimum absolute atomic E-state index is 0.127. The van der Waals surface area contributed by atoms with Gasteiger partial charge in [0.25, 0.3) is 5.91 Å². The van der Waals surface area contributed by atoms with E-state index in [1.807, 2.05) is 29.2 Å². The molecule has 1 aliphatic heterocycles. The number of carbonyl (C=O) groups excluding carboxylic acids is 1. The largest absolute Gasteiger partial charge is 0.338 e. The minimum atomic E-state index is 0.127. The van der Waals surface area contributed by atoms with Gasteiger partial charge in [-0.1, -0.05) is 19.1 Å². The normalized spacial score (nSPS) is 19.3. The molecule has 0 spiro atoms. The monoisotopic (exact) mass is 332 g/mol. The molecular formula is C16H17BrN2O. The Labute approximate surface area is 127 Å². The fourth-order valence-electron chi connectivity index (χ4n) is 2.87. The van der Waals surface area contributed by atoms with Gasteiger partial charge in [0.05, 0.1) is 11.1 Å². The Morgan fingerprint density at radius 2 is 2.25 bits per heavy atom. The van der Waals surface area contributed by atoms with Crippen LogP contribution in [0.4, 0.5) is 0 Å². The Morgan fingerprint density at radius 1 is 1.40 bits per heavy atom. The van der Waals surface area contributed by atoms with Crippen LogP contribution in [-0.4, -0.2) is 28.9 Å². The van der Waals surface area contributed by atoms with E-state index in [9.17, 15) is 4.79 Å². The maximum atomic E-state index is 12.8. The highest BCUT2D eigenvalue weighted by Crippen LogP contribution is 2.26. The van der Waals surface area contributed by atoms with Crippen LogP contribution in [0.15, 0.2) is 34.9 Å². The number of likely N-dealkylation sites (tertiary alicyclic amines) is 1. The van der Waals surface area contributed by atoms with Crippen molar-refractivity contribution in [2.24, 2.45) is 5.92 Å². The van der Waals surface area contributed by atoms with Gasteiger partial charge >= 0.3 is 0 Å². The lowest BCUT2D eigenvalue weighted by molar-refractivity contribution is 0.0685. The van der Waals surface area contributed by atoms with Crippen molar-refractivity contribution in [1.82, 2.24) is 9.88 Å². The fourth-order valence-corrected chi connectivity index (χ4v) is 3.34. The zero-order valence-corrected chi connectivity index (χ0v) is 13.1. The highest BCUT2D eigenvalue weighted by molar-refractivity contribution is 9.10. The number of hydrogen-bond acceptors (Lipinski definition) is 2. The molecule has 4 heteroatoms. The summed E-state index contributed by atoms with van der Waals surface area (Å²) in [6, 6.07) is 7.69. The van der Waals surface area contributed by atoms with E-state index in [0.29, 0.717) is 5.92 Å². The fraction of sp³-hybridized carbons (Fsp3) is 0.375. The number of carbonyl (C=O) groups is 1. The third kappa shape index (κ3) is 2.44. The van der Waals surface area contributed by atoms with Crippen molar-refractivity contribution in [3.05, 3.63) is 40.5 Å². The number of piperidine rings is 1. The number of nitrogens with zero attached hydrogens (tertiary/aromatic N) is 2. The summed E-state index contributed by atoms with van der Waals surface area (Å²) in [6.07, 6.45) is 4.03. The summed E-state index contributed by atoms with van der Waals surface area (Å²) in [5.74, 6) is 0.717. The quantitative estimate of drug-likeness (QED) is 0.794. The molecule has 1 saturated heterocycles. The molecule has 0 unspecified atom stereocenters. The summed E-state index contributed by atoms with van der Waals surface area (Å²) in [5, 5.41) is 0.921. The Kier molecular flexibility index (Phi) is 3.74. The van der Waals surface area contributed by atoms with Gasteiger partial charge in [0.2, 0.25) is 0 Å². The highest BCUT2D eigenvalue weighted by Gasteiger charge is 2.23. The lowest BCUT2D eigenvalue weighted by Crippen LogP contribution is -2.39. The Bertz CT molecular complexity index is 656. The molecule has 1 fully saturated rings. The molecule has 1 amide bonds. The van der Waals surface area contributed by atoms with Crippen molar-refractivity contribution in [3.8, 4) is 0 Å². The molecule has 0 saturated carbocycles. The number of pyridine rings is 1. The van der Waals surface area contributed by atoms with E-state index in [4.69, 9.17) is 0 Å². The summed E-state index contributed by atoms with van der Waals surface area (Å²) < 4.78 is 0.927. The van der Waals surface area contributed by atoms with Crippen LogP contribution in [0.2, 0.25) is 0 Å². The molecule has 2 aromatic rings. The predicted octanol–water partition coefficient (Wildman–Crippen LogP) is 3.87. The zero-order chi connectivity index (χ0) is 14.1. The molecule has 3 rings (SSSR count). The average molecular weight is 333 g/mol. The van der Waals surface area contributed by atoms with Gasteiger partial charge in [-0.2, -0.15) is 0 Å². The van der Waals surface area contributed by atoms with Crippen LogP contribution in [0.25, 0.3) is 10.9 Å². The van der Waals surface area contributed by atoms with Gasteiger partial charge in [-0.05, 0) is 46.8 Å². The van der Waals surface area contributed by atoms with Crippen LogP contribution in [0.3, 0.4) is 0 Å². The summed E-state index contributed by atoms with van der Waals surface area (Å²) in [4.78, 5) is 19.1. The zero-order valence-electron chi connectivity index (χ0n) is 11.5. The number of aromatic nitrogens is 1. The molecular weight excluding hydrogens is 316 g/mol. The molecule has 0 N–H and O–H groups in total. The van der Waals surface area contributed by atoms with Crippen LogP contribution in [0, 0.1) is 5.92 Å². The molecule has 1 aromatic heterocycles. The molecule has 1 atom stereocenters. The summed E-state index contributed by atoms with van der Waals surface area (Å²) in [5.41, 5.74) is 1.61. The predicted molar refractivity (Wildman–Crippen MR) is 83.7 cm³/mol. The second kappa shape index (κ2) is 5.52. The number of halogens is 1. The number of rotatable bonds is 1. The topological polar surface area (TPSA) is 33.2 Å². The summed E-state index contributed by atoms with van der Waals surface area (Å²) >= 11 is 3.50. The van der Waals surface area contributed by atoms with Gasteiger partial charge in [-0.25, -0.2) is 0 Å². The van der Waals surface area contributed by atoms with E-state index in [0.717, 1.165) is 40.4 Å². The van der Waals surface area contributed by atoms with Crippen LogP contribution < -0.4 is 0 Å². The van der Waals surface area contributed by atoms with Gasteiger partial charge in [0.15, 0.2) is 0 Å². The number of amides is 1. The molecule has 104 valence electrons. The lowest BCUT2D eigenvalue weighted by Gasteiger charge is -2.31. The number of benzene rings is 1. The first-order valence-electron chi connectivity index (χ1n) is 6.99. The molecule has 1 aromatic carbocycles. The number of para-hydroxylation sites is 1. The molecule has 3 nitrogen and oxygen atoms in total. The van der Waals surface area contributed by atoms with Crippen molar-refractivity contribution in [2.75, 3.05) is 13.1 Å². The first-order chi connectivity index (χ1) is 9.66. The van der Waals surface area contributed by atoms with E-state index >= 15 is 0 Å². The standard InChI is InChI=1S/C16H17BrN2O/c1-11-4-3-9-19(10-11)16(20)13-7-8-18-15-12(13)5-2-6-14(15)17/h2,5-8,11H,3-4,9-10H2,1H3/t11-/m0/s1. The molecule has 2 heterocycles. The molecule has 0 aliphatic carbocycles. The third-order valence-electron chi connectivity index (χ3n) is 3.90. The van der Waals surface area contributed by atoms with E-state index in [2.05, 4.69) is 27.8 Å². The van der Waals surface area contributed by atoms with Crippen LogP contribution in [0.5, 0.6) is 0 Å². The first-order valence-corrected chi connectivity index (χ1v) is 7.78. The van der Waals surface area contributed by atoms with Crippen molar-refractivity contribution >= 4 is 32.7 Å². The first kappa shape index (κ1) is 13.6. The van der Waals surface area contributed by atoms with Crippen LogP contribution in [-0.2, 0) is 0 Å². The second-order valence-corrected chi connectivity index (χ2v) is 6.35. The van der Waals surface area contributed by atoms with Gasteiger partial charge in [0.1, 0.15) is 0 Å². The minimum Gasteiger partial charge on any atom is -0.338 e. The van der Waals surface area contributed by atoms with E-state index < -0.39 is 0 Å². The Balaban J connectivity index is 2.01. The smallest absolute Gasteiger partial charge is 0.254 e. The summed E-state index contributed by atoms with van der Waals surface area (Å²) in [7, 11) is 0. The van der Waals surface area contributed by atoms with Crippen LogP contribution in [0.1, 0.15) is 30.1 Å². The highest BCUT2D eigenvalue weighted by atomic mass is 79.9. The maximum absolute atomic E-state index is 12.8. The molecule has 0 radical (unpaired) electrons. The lowest BCUT2D eigenvalue weighted by atomic mass is 9.99. The van der Waals surface area contributed by atoms with Gasteiger partial charge in [-0.3, -0.25) is 9.78 Å². The van der Waals surface area contributed by atoms with Crippen molar-refractivity contribution in [1.29, 1.82) is 0 Å². The molecule has 0 bridgehead atoms. The van der Waals surface area contributed by atoms with Gasteiger partial charge in [-0.15, -0.1) is 0 Å². The average Bonchev–Trinajstić information content (AvgIpc) is 2.46. The van der Waals surface area contributed by atoms with Crippen LogP contribution >= 0.6 is 15.9 Å². The Hall–Kier alpha value is -1.42. The third-order valence-corrected chi connectivity index (χ3v) is 4.54.